The molecule has 94 valence electrons. The van der Waals surface area contributed by atoms with E-state index in [9.17, 15) is 4.79 Å². The average molecular weight is 236 g/mol. The Balaban J connectivity index is 2.85. The quantitative estimate of drug-likeness (QED) is 0.820. The fourth-order valence-corrected chi connectivity index (χ4v) is 1.77. The largest absolute Gasteiger partial charge is 0.494 e. The van der Waals surface area contributed by atoms with Gasteiger partial charge in [-0.3, -0.25) is 4.79 Å². The minimum Gasteiger partial charge on any atom is -0.494 e. The zero-order valence-electron chi connectivity index (χ0n) is 10.9. The summed E-state index contributed by atoms with van der Waals surface area (Å²) < 4.78 is 5.31. The summed E-state index contributed by atoms with van der Waals surface area (Å²) in [7, 11) is 3.44. The maximum Gasteiger partial charge on any atom is 0.225 e. The van der Waals surface area contributed by atoms with Crippen molar-refractivity contribution in [2.45, 2.75) is 20.3 Å². The number of carbonyl (C=O) groups excluding carboxylic acids is 1. The second-order valence-electron chi connectivity index (χ2n) is 4.06. The van der Waals surface area contributed by atoms with E-state index in [4.69, 9.17) is 4.74 Å². The van der Waals surface area contributed by atoms with Crippen molar-refractivity contribution in [3.63, 3.8) is 0 Å². The molecular weight excluding hydrogens is 216 g/mol. The molecule has 0 fully saturated rings. The number of carbonyl (C=O) groups is 1. The molecule has 4 nitrogen and oxygen atoms in total. The number of anilines is 1. The predicted octanol–water partition coefficient (Wildman–Crippen LogP) is 1.86. The number of rotatable bonds is 5. The van der Waals surface area contributed by atoms with Crippen molar-refractivity contribution in [3.8, 4) is 5.75 Å². The average Bonchev–Trinajstić information content (AvgIpc) is 2.25. The summed E-state index contributed by atoms with van der Waals surface area (Å²) in [6, 6.07) is 3.95. The van der Waals surface area contributed by atoms with E-state index in [1.165, 1.54) is 0 Å². The Kier molecular flexibility index (Phi) is 4.97. The molecule has 1 amide bonds. The lowest BCUT2D eigenvalue weighted by molar-refractivity contribution is -0.116. The molecule has 0 heterocycles. The van der Waals surface area contributed by atoms with Crippen molar-refractivity contribution in [2.75, 3.05) is 26.0 Å². The van der Waals surface area contributed by atoms with Gasteiger partial charge < -0.3 is 15.4 Å². The van der Waals surface area contributed by atoms with Crippen LogP contribution in [-0.2, 0) is 4.79 Å². The highest BCUT2D eigenvalue weighted by Crippen LogP contribution is 2.29. The molecule has 0 atom stereocenters. The SMILES string of the molecule is CNCCC(=O)Nc1cc(C)cc(C)c1OC. The first kappa shape index (κ1) is 13.5. The Bertz CT molecular complexity index is 403. The maximum atomic E-state index is 11.7. The molecule has 1 aromatic rings. The molecule has 0 aliphatic rings. The summed E-state index contributed by atoms with van der Waals surface area (Å²) in [6.07, 6.45) is 0.451. The Hall–Kier alpha value is -1.55. The lowest BCUT2D eigenvalue weighted by Gasteiger charge is -2.13. The number of hydrogen-bond donors (Lipinski definition) is 2. The summed E-state index contributed by atoms with van der Waals surface area (Å²) in [5.74, 6) is 0.719. The van der Waals surface area contributed by atoms with Gasteiger partial charge in [-0.2, -0.15) is 0 Å². The van der Waals surface area contributed by atoms with Crippen molar-refractivity contribution in [3.05, 3.63) is 23.3 Å². The second-order valence-corrected chi connectivity index (χ2v) is 4.06. The summed E-state index contributed by atoms with van der Waals surface area (Å²) in [4.78, 5) is 11.7. The van der Waals surface area contributed by atoms with E-state index in [-0.39, 0.29) is 5.91 Å². The number of ether oxygens (including phenoxy) is 1. The van der Waals surface area contributed by atoms with Gasteiger partial charge in [0.1, 0.15) is 5.75 Å². The lowest BCUT2D eigenvalue weighted by atomic mass is 10.1. The molecule has 0 spiro atoms. The van der Waals surface area contributed by atoms with E-state index >= 15 is 0 Å². The van der Waals surface area contributed by atoms with Crippen LogP contribution in [0.25, 0.3) is 0 Å². The van der Waals surface area contributed by atoms with Gasteiger partial charge in [-0.1, -0.05) is 6.07 Å². The van der Waals surface area contributed by atoms with Gasteiger partial charge in [0.2, 0.25) is 5.91 Å². The molecule has 0 aromatic heterocycles. The predicted molar refractivity (Wildman–Crippen MR) is 69.6 cm³/mol. The van der Waals surface area contributed by atoms with Gasteiger partial charge >= 0.3 is 0 Å². The third-order valence-electron chi connectivity index (χ3n) is 2.50. The van der Waals surface area contributed by atoms with E-state index < -0.39 is 0 Å². The highest BCUT2D eigenvalue weighted by atomic mass is 16.5. The monoisotopic (exact) mass is 236 g/mol. The van der Waals surface area contributed by atoms with Gasteiger partial charge in [-0.25, -0.2) is 0 Å². The number of nitrogens with one attached hydrogen (secondary N) is 2. The molecule has 0 aliphatic carbocycles. The third kappa shape index (κ3) is 3.75. The van der Waals surface area contributed by atoms with Crippen LogP contribution in [0.5, 0.6) is 5.75 Å². The Morgan fingerprint density at radius 3 is 2.65 bits per heavy atom. The summed E-state index contributed by atoms with van der Waals surface area (Å²) in [6.45, 7) is 4.63. The molecule has 2 N–H and O–H groups in total. The van der Waals surface area contributed by atoms with Crippen molar-refractivity contribution in [2.24, 2.45) is 0 Å². The molecule has 1 rings (SSSR count). The van der Waals surface area contributed by atoms with Gasteiger partial charge in [0.05, 0.1) is 12.8 Å². The number of benzene rings is 1. The standard InChI is InChI=1S/C13H20N2O2/c1-9-7-10(2)13(17-4)11(8-9)15-12(16)5-6-14-3/h7-8,14H,5-6H2,1-4H3,(H,15,16). The third-order valence-corrected chi connectivity index (χ3v) is 2.50. The molecule has 4 heteroatoms. The molecule has 0 aliphatic heterocycles. The molecule has 0 radical (unpaired) electrons. The Morgan fingerprint density at radius 2 is 2.06 bits per heavy atom. The van der Waals surface area contributed by atoms with E-state index in [2.05, 4.69) is 10.6 Å². The van der Waals surface area contributed by atoms with Gasteiger partial charge in [-0.15, -0.1) is 0 Å². The fraction of sp³-hybridized carbons (Fsp3) is 0.462. The smallest absolute Gasteiger partial charge is 0.225 e. The first-order chi connectivity index (χ1) is 8.08. The van der Waals surface area contributed by atoms with Crippen molar-refractivity contribution in [1.82, 2.24) is 5.32 Å². The zero-order valence-corrected chi connectivity index (χ0v) is 10.9. The summed E-state index contributed by atoms with van der Waals surface area (Å²) in [5, 5.41) is 5.82. The Labute approximate surface area is 102 Å². The molecule has 1 aromatic carbocycles. The lowest BCUT2D eigenvalue weighted by Crippen LogP contribution is -2.19. The van der Waals surface area contributed by atoms with Gasteiger partial charge in [0.25, 0.3) is 0 Å². The fourth-order valence-electron chi connectivity index (χ4n) is 1.77. The zero-order chi connectivity index (χ0) is 12.8. The van der Waals surface area contributed by atoms with Crippen LogP contribution in [0.1, 0.15) is 17.5 Å². The van der Waals surface area contributed by atoms with Crippen LogP contribution < -0.4 is 15.4 Å². The molecule has 17 heavy (non-hydrogen) atoms. The number of methoxy groups -OCH3 is 1. The minimum atomic E-state index is -0.0114. The number of aryl methyl sites for hydroxylation is 2. The van der Waals surface area contributed by atoms with Crippen molar-refractivity contribution >= 4 is 11.6 Å². The molecule has 0 unspecified atom stereocenters. The first-order valence-corrected chi connectivity index (χ1v) is 5.68. The minimum absolute atomic E-state index is 0.0114. The van der Waals surface area contributed by atoms with Gasteiger partial charge in [0.15, 0.2) is 0 Å². The summed E-state index contributed by atoms with van der Waals surface area (Å²) in [5.41, 5.74) is 2.87. The maximum absolute atomic E-state index is 11.7. The van der Waals surface area contributed by atoms with Crippen LogP contribution in [0, 0.1) is 13.8 Å². The summed E-state index contributed by atoms with van der Waals surface area (Å²) >= 11 is 0. The highest BCUT2D eigenvalue weighted by Gasteiger charge is 2.10. The first-order valence-electron chi connectivity index (χ1n) is 5.68. The van der Waals surface area contributed by atoms with Gasteiger partial charge in [0, 0.05) is 13.0 Å². The van der Waals surface area contributed by atoms with E-state index in [1.54, 1.807) is 7.11 Å². The van der Waals surface area contributed by atoms with Crippen LogP contribution in [0.15, 0.2) is 12.1 Å². The number of amides is 1. The van der Waals surface area contributed by atoms with E-state index in [0.717, 1.165) is 22.6 Å². The molecular formula is C13H20N2O2. The van der Waals surface area contributed by atoms with Gasteiger partial charge in [-0.05, 0) is 38.1 Å². The normalized spacial score (nSPS) is 10.1. The highest BCUT2D eigenvalue weighted by molar-refractivity contribution is 5.92. The molecule has 0 saturated heterocycles. The van der Waals surface area contributed by atoms with Crippen LogP contribution >= 0.6 is 0 Å². The van der Waals surface area contributed by atoms with Crippen LogP contribution in [-0.4, -0.2) is 26.6 Å². The van der Waals surface area contributed by atoms with Crippen molar-refractivity contribution < 1.29 is 9.53 Å². The van der Waals surface area contributed by atoms with Crippen molar-refractivity contribution in [1.29, 1.82) is 0 Å². The van der Waals surface area contributed by atoms with Crippen LogP contribution in [0.4, 0.5) is 5.69 Å². The Morgan fingerprint density at radius 1 is 1.35 bits per heavy atom. The van der Waals surface area contributed by atoms with Crippen LogP contribution in [0.3, 0.4) is 0 Å². The number of hydrogen-bond acceptors (Lipinski definition) is 3. The van der Waals surface area contributed by atoms with E-state index in [1.807, 2.05) is 33.0 Å². The second kappa shape index (κ2) is 6.25. The van der Waals surface area contributed by atoms with E-state index in [0.29, 0.717) is 13.0 Å². The topological polar surface area (TPSA) is 50.4 Å². The molecule has 0 bridgehead atoms. The van der Waals surface area contributed by atoms with Crippen LogP contribution in [0.2, 0.25) is 0 Å². The molecule has 0 saturated carbocycles.